The van der Waals surface area contributed by atoms with Gasteiger partial charge in [0.1, 0.15) is 0 Å². The Bertz CT molecular complexity index is 439. The topological polar surface area (TPSA) is 40.5 Å². The summed E-state index contributed by atoms with van der Waals surface area (Å²) in [5.74, 6) is 1.16. The SMILES string of the molecule is C=C1CC[C@H]2[C@@](C)(CO)CCC[C@@]2(C)[C@@H]1CCC(C)=CCO. The van der Waals surface area contributed by atoms with Gasteiger partial charge in [-0.3, -0.25) is 0 Å². The second-order valence-electron chi connectivity index (χ2n) is 8.25. The zero-order valence-electron chi connectivity index (χ0n) is 14.7. The van der Waals surface area contributed by atoms with Crippen LogP contribution in [-0.2, 0) is 0 Å². The van der Waals surface area contributed by atoms with E-state index in [1.54, 1.807) is 0 Å². The molecule has 0 amide bonds. The van der Waals surface area contributed by atoms with Crippen molar-refractivity contribution >= 4 is 0 Å². The van der Waals surface area contributed by atoms with E-state index in [0.29, 0.717) is 18.4 Å². The van der Waals surface area contributed by atoms with E-state index >= 15 is 0 Å². The molecule has 2 heteroatoms. The van der Waals surface area contributed by atoms with Gasteiger partial charge in [-0.15, -0.1) is 0 Å². The van der Waals surface area contributed by atoms with Crippen molar-refractivity contribution in [3.8, 4) is 0 Å². The molecule has 2 nitrogen and oxygen atoms in total. The zero-order chi connectivity index (χ0) is 16.4. The molecule has 0 spiro atoms. The number of aliphatic hydroxyl groups is 2. The highest BCUT2D eigenvalue weighted by Crippen LogP contribution is 2.61. The smallest absolute Gasteiger partial charge is 0.0614 e. The van der Waals surface area contributed by atoms with E-state index in [1.165, 1.54) is 30.4 Å². The average molecular weight is 306 g/mol. The Morgan fingerprint density at radius 1 is 1.32 bits per heavy atom. The van der Waals surface area contributed by atoms with Crippen LogP contribution in [0, 0.1) is 22.7 Å². The predicted octanol–water partition coefficient (Wildman–Crippen LogP) is 4.48. The van der Waals surface area contributed by atoms with Crippen molar-refractivity contribution in [1.82, 2.24) is 0 Å². The number of allylic oxidation sites excluding steroid dienone is 2. The van der Waals surface area contributed by atoms with Crippen LogP contribution in [0.1, 0.15) is 65.7 Å². The van der Waals surface area contributed by atoms with E-state index in [1.807, 2.05) is 6.08 Å². The summed E-state index contributed by atoms with van der Waals surface area (Å²) in [5, 5.41) is 19.0. The van der Waals surface area contributed by atoms with E-state index < -0.39 is 0 Å². The lowest BCUT2D eigenvalue weighted by atomic mass is 9.47. The maximum Gasteiger partial charge on any atom is 0.0614 e. The summed E-state index contributed by atoms with van der Waals surface area (Å²) in [5.41, 5.74) is 3.06. The standard InChI is InChI=1S/C20H34O2/c1-15(10-13-21)6-8-17-16(2)7-9-18-19(3,14-22)11-5-12-20(17,18)4/h10,17-18,21-22H,2,5-9,11-14H2,1,3-4H3/t17-,18+,19-,20+/m1/s1. The molecule has 0 aromatic carbocycles. The zero-order valence-corrected chi connectivity index (χ0v) is 14.7. The first kappa shape index (κ1) is 17.7. The summed E-state index contributed by atoms with van der Waals surface area (Å²) in [7, 11) is 0. The fourth-order valence-electron chi connectivity index (χ4n) is 5.44. The Kier molecular flexibility index (Phi) is 5.55. The lowest BCUT2D eigenvalue weighted by molar-refractivity contribution is -0.0858. The summed E-state index contributed by atoms with van der Waals surface area (Å²) in [6.07, 6.45) is 10.0. The van der Waals surface area contributed by atoms with E-state index in [2.05, 4.69) is 27.4 Å². The van der Waals surface area contributed by atoms with Crippen LogP contribution in [0.2, 0.25) is 0 Å². The molecule has 2 aliphatic rings. The van der Waals surface area contributed by atoms with Crippen LogP contribution in [0.3, 0.4) is 0 Å². The minimum atomic E-state index is 0.0853. The molecule has 2 saturated carbocycles. The first-order chi connectivity index (χ1) is 10.4. The number of rotatable bonds is 5. The molecule has 0 aromatic heterocycles. The molecule has 0 radical (unpaired) electrons. The molecule has 2 N–H and O–H groups in total. The summed E-state index contributed by atoms with van der Waals surface area (Å²) in [4.78, 5) is 0. The molecule has 0 bridgehead atoms. The first-order valence-electron chi connectivity index (χ1n) is 8.92. The fourth-order valence-corrected chi connectivity index (χ4v) is 5.44. The van der Waals surface area contributed by atoms with Crippen molar-refractivity contribution in [2.24, 2.45) is 22.7 Å². The van der Waals surface area contributed by atoms with Gasteiger partial charge in [-0.1, -0.05) is 44.1 Å². The number of fused-ring (bicyclic) bond motifs is 1. The minimum absolute atomic E-state index is 0.0853. The molecule has 0 aromatic rings. The second-order valence-corrected chi connectivity index (χ2v) is 8.25. The Morgan fingerprint density at radius 2 is 2.05 bits per heavy atom. The third-order valence-corrected chi connectivity index (χ3v) is 6.77. The maximum atomic E-state index is 9.98. The Labute approximate surface area is 136 Å². The highest BCUT2D eigenvalue weighted by Gasteiger charge is 2.53. The lowest BCUT2D eigenvalue weighted by Gasteiger charge is -2.58. The van der Waals surface area contributed by atoms with Gasteiger partial charge in [0.25, 0.3) is 0 Å². The van der Waals surface area contributed by atoms with E-state index in [4.69, 9.17) is 5.11 Å². The molecule has 0 aliphatic heterocycles. The third kappa shape index (κ3) is 3.19. The normalized spacial score (nSPS) is 39.7. The molecular formula is C20H34O2. The van der Waals surface area contributed by atoms with E-state index in [-0.39, 0.29) is 17.4 Å². The monoisotopic (exact) mass is 306 g/mol. The van der Waals surface area contributed by atoms with Crippen LogP contribution >= 0.6 is 0 Å². The molecule has 2 rings (SSSR count). The third-order valence-electron chi connectivity index (χ3n) is 6.77. The molecule has 0 unspecified atom stereocenters. The Morgan fingerprint density at radius 3 is 2.68 bits per heavy atom. The molecule has 0 saturated heterocycles. The summed E-state index contributed by atoms with van der Waals surface area (Å²) < 4.78 is 0. The lowest BCUT2D eigenvalue weighted by Crippen LogP contribution is -2.51. The number of hydrogen-bond acceptors (Lipinski definition) is 2. The van der Waals surface area contributed by atoms with E-state index in [9.17, 15) is 5.11 Å². The quantitative estimate of drug-likeness (QED) is 0.735. The molecule has 126 valence electrons. The van der Waals surface area contributed by atoms with Crippen molar-refractivity contribution in [1.29, 1.82) is 0 Å². The summed E-state index contributed by atoms with van der Waals surface area (Å²) >= 11 is 0. The van der Waals surface area contributed by atoms with Crippen molar-refractivity contribution in [3.05, 3.63) is 23.8 Å². The molecule has 4 atom stereocenters. The molecule has 0 heterocycles. The van der Waals surface area contributed by atoms with Crippen molar-refractivity contribution < 1.29 is 10.2 Å². The van der Waals surface area contributed by atoms with Gasteiger partial charge in [-0.25, -0.2) is 0 Å². The van der Waals surface area contributed by atoms with Crippen LogP contribution in [-0.4, -0.2) is 23.4 Å². The van der Waals surface area contributed by atoms with Crippen molar-refractivity contribution in [2.45, 2.75) is 65.7 Å². The van der Waals surface area contributed by atoms with Crippen LogP contribution in [0.25, 0.3) is 0 Å². The molecule has 2 aliphatic carbocycles. The van der Waals surface area contributed by atoms with Crippen molar-refractivity contribution in [2.75, 3.05) is 13.2 Å². The molecule has 2 fully saturated rings. The Balaban J connectivity index is 2.20. The van der Waals surface area contributed by atoms with E-state index in [0.717, 1.165) is 25.7 Å². The van der Waals surface area contributed by atoms with Gasteiger partial charge >= 0.3 is 0 Å². The van der Waals surface area contributed by atoms with Gasteiger partial charge < -0.3 is 10.2 Å². The van der Waals surface area contributed by atoms with Gasteiger partial charge in [0.2, 0.25) is 0 Å². The van der Waals surface area contributed by atoms with Gasteiger partial charge in [0.15, 0.2) is 0 Å². The predicted molar refractivity (Wildman–Crippen MR) is 92.6 cm³/mol. The van der Waals surface area contributed by atoms with Crippen LogP contribution in [0.5, 0.6) is 0 Å². The summed E-state index contributed by atoms with van der Waals surface area (Å²) in [6, 6.07) is 0. The van der Waals surface area contributed by atoms with Crippen LogP contribution < -0.4 is 0 Å². The molecular weight excluding hydrogens is 272 g/mol. The number of aliphatic hydroxyl groups excluding tert-OH is 2. The van der Waals surface area contributed by atoms with Gasteiger partial charge in [0.05, 0.1) is 6.61 Å². The second kappa shape index (κ2) is 6.88. The highest BCUT2D eigenvalue weighted by atomic mass is 16.3. The fraction of sp³-hybridized carbons (Fsp3) is 0.800. The first-order valence-corrected chi connectivity index (χ1v) is 8.92. The highest BCUT2D eigenvalue weighted by molar-refractivity contribution is 5.17. The summed E-state index contributed by atoms with van der Waals surface area (Å²) in [6.45, 7) is 11.7. The largest absolute Gasteiger partial charge is 0.396 e. The Hall–Kier alpha value is -0.600. The minimum Gasteiger partial charge on any atom is -0.396 e. The van der Waals surface area contributed by atoms with Gasteiger partial charge in [0, 0.05) is 6.61 Å². The average Bonchev–Trinajstić information content (AvgIpc) is 2.46. The van der Waals surface area contributed by atoms with Gasteiger partial charge in [-0.2, -0.15) is 0 Å². The van der Waals surface area contributed by atoms with Crippen LogP contribution in [0.15, 0.2) is 23.8 Å². The van der Waals surface area contributed by atoms with Crippen molar-refractivity contribution in [3.63, 3.8) is 0 Å². The van der Waals surface area contributed by atoms with Gasteiger partial charge in [-0.05, 0) is 68.1 Å². The molecule has 22 heavy (non-hydrogen) atoms. The van der Waals surface area contributed by atoms with Crippen LogP contribution in [0.4, 0.5) is 0 Å². The number of hydrogen-bond donors (Lipinski definition) is 2. The maximum absolute atomic E-state index is 9.98.